The van der Waals surface area contributed by atoms with E-state index in [0.29, 0.717) is 0 Å². The van der Waals surface area contributed by atoms with E-state index in [2.05, 4.69) is 34.5 Å². The molecule has 2 heteroatoms. The van der Waals surface area contributed by atoms with Crippen LogP contribution in [0.25, 0.3) is 0 Å². The van der Waals surface area contributed by atoms with E-state index in [0.717, 1.165) is 5.92 Å². The molecule has 1 fully saturated rings. The number of hydrogen-bond donors (Lipinski definition) is 0. The molecule has 7 heavy (non-hydrogen) atoms. The van der Waals surface area contributed by atoms with Crippen LogP contribution in [0.15, 0.2) is 0 Å². The lowest BCUT2D eigenvalue weighted by Crippen LogP contribution is -2.44. The Morgan fingerprint density at radius 1 is 1.71 bits per heavy atom. The summed E-state index contributed by atoms with van der Waals surface area (Å²) in [7, 11) is 2.17. The van der Waals surface area contributed by atoms with E-state index in [9.17, 15) is 0 Å². The highest BCUT2D eigenvalue weighted by atomic mass is 127. The monoisotopic (exact) mass is 211 g/mol. The third-order valence-electron chi connectivity index (χ3n) is 1.36. The molecule has 1 saturated heterocycles. The van der Waals surface area contributed by atoms with Crippen LogP contribution < -0.4 is 0 Å². The van der Waals surface area contributed by atoms with Gasteiger partial charge in [-0.05, 0) is 13.0 Å². The van der Waals surface area contributed by atoms with Crippen LogP contribution in [0.4, 0.5) is 0 Å². The molecule has 0 aliphatic carbocycles. The van der Waals surface area contributed by atoms with Crippen molar-refractivity contribution in [1.82, 2.24) is 4.90 Å². The third kappa shape index (κ3) is 1.29. The number of alkyl halides is 1. The van der Waals surface area contributed by atoms with Gasteiger partial charge in [-0.2, -0.15) is 0 Å². The average molecular weight is 211 g/mol. The van der Waals surface area contributed by atoms with Crippen molar-refractivity contribution in [3.05, 3.63) is 0 Å². The molecule has 0 spiro atoms. The van der Waals surface area contributed by atoms with Gasteiger partial charge in [0.05, 0.1) is 0 Å². The van der Waals surface area contributed by atoms with Gasteiger partial charge in [0.25, 0.3) is 0 Å². The molecule has 0 amide bonds. The fourth-order valence-corrected chi connectivity index (χ4v) is 1.48. The molecule has 1 aliphatic heterocycles. The first-order chi connectivity index (χ1) is 3.33. The Hall–Kier alpha value is 0.690. The van der Waals surface area contributed by atoms with Gasteiger partial charge in [0.2, 0.25) is 0 Å². The maximum absolute atomic E-state index is 2.45. The van der Waals surface area contributed by atoms with Crippen LogP contribution in [0, 0.1) is 5.92 Å². The van der Waals surface area contributed by atoms with Crippen LogP contribution in [-0.2, 0) is 0 Å². The Morgan fingerprint density at radius 2 is 2.29 bits per heavy atom. The average Bonchev–Trinajstić information content (AvgIpc) is 1.58. The molecule has 0 atom stereocenters. The van der Waals surface area contributed by atoms with Crippen molar-refractivity contribution in [2.75, 3.05) is 24.6 Å². The van der Waals surface area contributed by atoms with E-state index in [4.69, 9.17) is 0 Å². The fourth-order valence-electron chi connectivity index (χ4n) is 0.926. The second kappa shape index (κ2) is 2.31. The van der Waals surface area contributed by atoms with E-state index < -0.39 is 0 Å². The lowest BCUT2D eigenvalue weighted by atomic mass is 10.1. The van der Waals surface area contributed by atoms with Crippen molar-refractivity contribution in [2.24, 2.45) is 5.92 Å². The summed E-state index contributed by atoms with van der Waals surface area (Å²) < 4.78 is 1.34. The number of rotatable bonds is 1. The highest BCUT2D eigenvalue weighted by Crippen LogP contribution is 2.14. The second-order valence-corrected chi connectivity index (χ2v) is 3.12. The smallest absolute Gasteiger partial charge is 0.00481 e. The summed E-state index contributed by atoms with van der Waals surface area (Å²) in [6.45, 7) is 2.64. The van der Waals surface area contributed by atoms with Gasteiger partial charge in [-0.3, -0.25) is 0 Å². The van der Waals surface area contributed by atoms with Crippen molar-refractivity contribution in [1.29, 1.82) is 0 Å². The molecule has 1 nitrogen and oxygen atoms in total. The van der Waals surface area contributed by atoms with Crippen LogP contribution in [0.5, 0.6) is 0 Å². The van der Waals surface area contributed by atoms with E-state index in [1.807, 2.05) is 0 Å². The molecule has 0 saturated carbocycles. The van der Waals surface area contributed by atoms with Gasteiger partial charge in [0, 0.05) is 17.5 Å². The van der Waals surface area contributed by atoms with E-state index in [-0.39, 0.29) is 0 Å². The topological polar surface area (TPSA) is 3.24 Å². The Labute approximate surface area is 58.2 Å². The van der Waals surface area contributed by atoms with E-state index in [1.165, 1.54) is 17.5 Å². The summed E-state index contributed by atoms with van der Waals surface area (Å²) in [5.74, 6) is 1.01. The predicted octanol–water partition coefficient (Wildman–Crippen LogP) is 0.983. The molecule has 0 radical (unpaired) electrons. The van der Waals surface area contributed by atoms with E-state index >= 15 is 0 Å². The van der Waals surface area contributed by atoms with E-state index in [1.54, 1.807) is 0 Å². The summed E-state index contributed by atoms with van der Waals surface area (Å²) in [4.78, 5) is 2.35. The minimum absolute atomic E-state index is 1.01. The zero-order chi connectivity index (χ0) is 5.28. The number of likely N-dealkylation sites (tertiary alicyclic amines) is 1. The minimum atomic E-state index is 1.01. The number of hydrogen-bond acceptors (Lipinski definition) is 1. The Morgan fingerprint density at radius 3 is 2.43 bits per heavy atom. The molecular weight excluding hydrogens is 201 g/mol. The second-order valence-electron chi connectivity index (χ2n) is 2.24. The first-order valence-electron chi connectivity index (χ1n) is 2.57. The van der Waals surface area contributed by atoms with Gasteiger partial charge >= 0.3 is 0 Å². The SMILES string of the molecule is CN1CC(CI)C1. The Balaban J connectivity index is 2.06. The van der Waals surface area contributed by atoms with Crippen LogP contribution >= 0.6 is 22.6 Å². The fraction of sp³-hybridized carbons (Fsp3) is 1.00. The van der Waals surface area contributed by atoms with Crippen LogP contribution in [0.2, 0.25) is 0 Å². The quantitative estimate of drug-likeness (QED) is 0.461. The first kappa shape index (κ1) is 5.82. The molecule has 0 unspecified atom stereocenters. The molecule has 0 aromatic rings. The van der Waals surface area contributed by atoms with Crippen molar-refractivity contribution >= 4 is 22.6 Å². The van der Waals surface area contributed by atoms with Gasteiger partial charge in [-0.15, -0.1) is 0 Å². The molecule has 1 rings (SSSR count). The maximum atomic E-state index is 2.45. The standard InChI is InChI=1S/C5H10IN/c1-7-3-5(2-6)4-7/h5H,2-4H2,1H3. The van der Waals surface area contributed by atoms with Gasteiger partial charge in [-0.1, -0.05) is 22.6 Å². The van der Waals surface area contributed by atoms with Crippen molar-refractivity contribution in [2.45, 2.75) is 0 Å². The summed E-state index contributed by atoms with van der Waals surface area (Å²) >= 11 is 2.45. The predicted molar refractivity (Wildman–Crippen MR) is 39.9 cm³/mol. The summed E-state index contributed by atoms with van der Waals surface area (Å²) in [5.41, 5.74) is 0. The molecular formula is C5H10IN. The number of nitrogens with zero attached hydrogens (tertiary/aromatic N) is 1. The normalized spacial score (nSPS) is 24.9. The summed E-state index contributed by atoms with van der Waals surface area (Å²) in [6.07, 6.45) is 0. The Kier molecular flexibility index (Phi) is 1.92. The van der Waals surface area contributed by atoms with Crippen molar-refractivity contribution in [3.8, 4) is 0 Å². The highest BCUT2D eigenvalue weighted by molar-refractivity contribution is 14.1. The van der Waals surface area contributed by atoms with Crippen LogP contribution in [-0.4, -0.2) is 29.5 Å². The minimum Gasteiger partial charge on any atom is -0.306 e. The zero-order valence-corrected chi connectivity index (χ0v) is 6.68. The first-order valence-corrected chi connectivity index (χ1v) is 4.10. The van der Waals surface area contributed by atoms with Crippen molar-refractivity contribution < 1.29 is 0 Å². The maximum Gasteiger partial charge on any atom is 0.00481 e. The van der Waals surface area contributed by atoms with Gasteiger partial charge in [0.1, 0.15) is 0 Å². The zero-order valence-electron chi connectivity index (χ0n) is 4.52. The largest absolute Gasteiger partial charge is 0.306 e. The van der Waals surface area contributed by atoms with Crippen LogP contribution in [0.3, 0.4) is 0 Å². The van der Waals surface area contributed by atoms with Crippen molar-refractivity contribution in [3.63, 3.8) is 0 Å². The molecule has 1 heterocycles. The molecule has 0 N–H and O–H groups in total. The van der Waals surface area contributed by atoms with Gasteiger partial charge in [-0.25, -0.2) is 0 Å². The lowest BCUT2D eigenvalue weighted by Gasteiger charge is -2.34. The molecule has 0 aromatic carbocycles. The summed E-state index contributed by atoms with van der Waals surface area (Å²) in [6, 6.07) is 0. The molecule has 0 aromatic heterocycles. The van der Waals surface area contributed by atoms with Crippen LogP contribution in [0.1, 0.15) is 0 Å². The third-order valence-corrected chi connectivity index (χ3v) is 2.60. The summed E-state index contributed by atoms with van der Waals surface area (Å²) in [5, 5.41) is 0. The Bertz CT molecular complexity index is 59.1. The van der Waals surface area contributed by atoms with Gasteiger partial charge in [0.15, 0.2) is 0 Å². The van der Waals surface area contributed by atoms with Gasteiger partial charge < -0.3 is 4.90 Å². The highest BCUT2D eigenvalue weighted by Gasteiger charge is 2.20. The number of halogens is 1. The molecule has 0 bridgehead atoms. The molecule has 42 valence electrons. The lowest BCUT2D eigenvalue weighted by molar-refractivity contribution is 0.155. The molecule has 1 aliphatic rings.